The molecule has 1 aromatic rings. The Labute approximate surface area is 173 Å². The van der Waals surface area contributed by atoms with Gasteiger partial charge >= 0.3 is 0 Å². The molecule has 0 N–H and O–H groups in total. The van der Waals surface area contributed by atoms with Gasteiger partial charge in [0.1, 0.15) is 11.5 Å². The number of hydrogen-bond donors (Lipinski definition) is 0. The minimum atomic E-state index is -0.913. The topological polar surface area (TPSA) is 78.7 Å². The summed E-state index contributed by atoms with van der Waals surface area (Å²) in [6.45, 7) is 8.38. The van der Waals surface area contributed by atoms with Gasteiger partial charge in [-0.25, -0.2) is 0 Å². The van der Waals surface area contributed by atoms with E-state index in [0.717, 1.165) is 19.3 Å². The number of carbonyl (C=O) groups excluding carboxylic acids is 1. The first-order chi connectivity index (χ1) is 13.5. The lowest BCUT2D eigenvalue weighted by Crippen LogP contribution is -2.46. The minimum absolute atomic E-state index is 0.0916. The van der Waals surface area contributed by atoms with E-state index in [9.17, 15) is 14.9 Å². The summed E-state index contributed by atoms with van der Waals surface area (Å²) in [6.07, 6.45) is 3.40. The van der Waals surface area contributed by atoms with Crippen LogP contribution in [0.2, 0.25) is 0 Å². The Hall–Kier alpha value is -1.95. The second-order valence-electron chi connectivity index (χ2n) is 9.79. The van der Waals surface area contributed by atoms with Gasteiger partial charge in [-0.15, -0.1) is 0 Å². The van der Waals surface area contributed by atoms with Crippen molar-refractivity contribution in [3.63, 3.8) is 0 Å². The maximum absolute atomic E-state index is 12.9. The molecule has 160 valence electrons. The van der Waals surface area contributed by atoms with Gasteiger partial charge in [0.25, 0.3) is 0 Å². The molecular weight excluding hydrogens is 370 g/mol. The summed E-state index contributed by atoms with van der Waals surface area (Å²) in [5.41, 5.74) is 0.236. The van der Waals surface area contributed by atoms with E-state index in [1.807, 2.05) is 0 Å². The number of hydrogen-bond acceptors (Lipinski definition) is 5. The van der Waals surface area contributed by atoms with Gasteiger partial charge < -0.3 is 9.47 Å². The van der Waals surface area contributed by atoms with Crippen LogP contribution in [0.3, 0.4) is 0 Å². The van der Waals surface area contributed by atoms with Crippen molar-refractivity contribution in [1.82, 2.24) is 0 Å². The molecule has 2 aliphatic carbocycles. The summed E-state index contributed by atoms with van der Waals surface area (Å²) in [7, 11) is 1.55. The van der Waals surface area contributed by atoms with E-state index >= 15 is 0 Å². The molecule has 2 aliphatic rings. The molecule has 0 bridgehead atoms. The fourth-order valence-corrected chi connectivity index (χ4v) is 5.39. The van der Waals surface area contributed by atoms with Gasteiger partial charge in [0.05, 0.1) is 18.8 Å². The Morgan fingerprint density at radius 3 is 2.66 bits per heavy atom. The minimum Gasteiger partial charge on any atom is -0.497 e. The average molecular weight is 404 g/mol. The van der Waals surface area contributed by atoms with Crippen LogP contribution in [-0.2, 0) is 9.53 Å². The predicted octanol–water partition coefficient (Wildman–Crippen LogP) is 4.98. The molecule has 5 atom stereocenters. The number of nitro groups is 1. The Balaban J connectivity index is 1.86. The van der Waals surface area contributed by atoms with E-state index in [1.54, 1.807) is 31.4 Å². The number of ether oxygens (including phenoxy) is 2. The zero-order valence-corrected chi connectivity index (χ0v) is 18.1. The third-order valence-corrected chi connectivity index (χ3v) is 6.84. The van der Waals surface area contributed by atoms with Crippen molar-refractivity contribution in [1.29, 1.82) is 0 Å². The van der Waals surface area contributed by atoms with Crippen LogP contribution in [0.4, 0.5) is 0 Å². The molecule has 2 saturated carbocycles. The predicted molar refractivity (Wildman–Crippen MR) is 111 cm³/mol. The van der Waals surface area contributed by atoms with Crippen molar-refractivity contribution in [2.24, 2.45) is 17.3 Å². The van der Waals surface area contributed by atoms with Crippen molar-refractivity contribution in [2.75, 3.05) is 7.11 Å². The van der Waals surface area contributed by atoms with Crippen LogP contribution in [0.5, 0.6) is 5.75 Å². The smallest absolute Gasteiger partial charge is 0.238 e. The summed E-state index contributed by atoms with van der Waals surface area (Å²) < 4.78 is 11.6. The number of nitrogens with zero attached hydrogens (tertiary/aromatic N) is 1. The Bertz CT molecular complexity index is 771. The molecular formula is C23H33NO5. The number of methoxy groups -OCH3 is 1. The van der Waals surface area contributed by atoms with Gasteiger partial charge in [0.15, 0.2) is 0 Å². The summed E-state index contributed by atoms with van der Waals surface area (Å²) in [4.78, 5) is 24.6. The van der Waals surface area contributed by atoms with Crippen LogP contribution in [0, 0.1) is 27.4 Å². The first-order valence-electron chi connectivity index (χ1n) is 10.5. The summed E-state index contributed by atoms with van der Waals surface area (Å²) in [5, 5.41) is 11.9. The van der Waals surface area contributed by atoms with E-state index in [2.05, 4.69) is 27.7 Å². The lowest BCUT2D eigenvalue weighted by Gasteiger charge is -2.45. The van der Waals surface area contributed by atoms with Crippen molar-refractivity contribution in [2.45, 2.75) is 77.5 Å². The second-order valence-corrected chi connectivity index (χ2v) is 9.79. The molecule has 6 nitrogen and oxygen atoms in total. The van der Waals surface area contributed by atoms with Gasteiger partial charge in [0.2, 0.25) is 6.04 Å². The van der Waals surface area contributed by atoms with E-state index < -0.39 is 6.04 Å². The number of fused-ring (bicyclic) bond motifs is 1. The number of ketones is 1. The fraction of sp³-hybridized carbons (Fsp3) is 0.696. The van der Waals surface area contributed by atoms with Crippen molar-refractivity contribution in [3.05, 3.63) is 39.9 Å². The lowest BCUT2D eigenvalue weighted by atomic mass is 9.61. The van der Waals surface area contributed by atoms with Gasteiger partial charge in [-0.3, -0.25) is 14.9 Å². The molecule has 1 aromatic carbocycles. The van der Waals surface area contributed by atoms with Gasteiger partial charge in [0, 0.05) is 29.2 Å². The van der Waals surface area contributed by atoms with Gasteiger partial charge in [-0.05, 0) is 63.5 Å². The van der Waals surface area contributed by atoms with Gasteiger partial charge in [-0.1, -0.05) is 19.1 Å². The van der Waals surface area contributed by atoms with Gasteiger partial charge in [-0.2, -0.15) is 0 Å². The normalized spacial score (nSPS) is 30.7. The highest BCUT2D eigenvalue weighted by atomic mass is 16.6. The largest absolute Gasteiger partial charge is 0.497 e. The zero-order valence-electron chi connectivity index (χ0n) is 18.1. The van der Waals surface area contributed by atoms with Crippen molar-refractivity contribution in [3.8, 4) is 5.75 Å². The average Bonchev–Trinajstić information content (AvgIpc) is 2.96. The highest BCUT2D eigenvalue weighted by Gasteiger charge is 2.56. The summed E-state index contributed by atoms with van der Waals surface area (Å²) >= 11 is 0. The molecule has 0 amide bonds. The molecule has 6 heteroatoms. The summed E-state index contributed by atoms with van der Waals surface area (Å²) in [5.74, 6) is 0.584. The summed E-state index contributed by atoms with van der Waals surface area (Å²) in [6, 6.07) is 6.08. The SMILES string of the molecule is COc1cccc(C(CC2C(=O)CC[C@]3(C)[C@@H](OC(C)(C)C)CC[C@@H]23)[N+](=O)[O-])c1. The maximum atomic E-state index is 12.9. The molecule has 0 aliphatic heterocycles. The second kappa shape index (κ2) is 8.05. The van der Waals surface area contributed by atoms with E-state index in [-0.39, 0.29) is 46.1 Å². The molecule has 29 heavy (non-hydrogen) atoms. The number of rotatable bonds is 6. The van der Waals surface area contributed by atoms with Crippen LogP contribution in [0.25, 0.3) is 0 Å². The molecule has 0 heterocycles. The fourth-order valence-electron chi connectivity index (χ4n) is 5.39. The molecule has 0 aromatic heterocycles. The Kier molecular flexibility index (Phi) is 6.04. The molecule has 0 saturated heterocycles. The Morgan fingerprint density at radius 2 is 2.03 bits per heavy atom. The highest BCUT2D eigenvalue weighted by Crippen LogP contribution is 2.56. The third-order valence-electron chi connectivity index (χ3n) is 6.84. The first-order valence-corrected chi connectivity index (χ1v) is 10.5. The van der Waals surface area contributed by atoms with E-state index in [1.165, 1.54) is 0 Å². The molecule has 2 unspecified atom stereocenters. The third kappa shape index (κ3) is 4.47. The number of benzene rings is 1. The lowest BCUT2D eigenvalue weighted by molar-refractivity contribution is -0.531. The van der Waals surface area contributed by atoms with Crippen LogP contribution >= 0.6 is 0 Å². The standard InChI is InChI=1S/C23H33NO5/c1-22(2,3)29-21-10-9-18-17(20(25)11-12-23(18,21)4)14-19(24(26)27)15-7-6-8-16(13-15)28-5/h6-8,13,17-19,21H,9-12,14H2,1-5H3/t17?,18-,19?,21-,23-/m0/s1. The zero-order chi connectivity index (χ0) is 21.4. The van der Waals surface area contributed by atoms with Crippen molar-refractivity contribution >= 4 is 5.78 Å². The van der Waals surface area contributed by atoms with Crippen LogP contribution in [0.1, 0.15) is 71.4 Å². The Morgan fingerprint density at radius 1 is 1.31 bits per heavy atom. The van der Waals surface area contributed by atoms with Crippen LogP contribution in [-0.4, -0.2) is 29.5 Å². The first kappa shape index (κ1) is 21.8. The van der Waals surface area contributed by atoms with E-state index in [4.69, 9.17) is 9.47 Å². The molecule has 0 spiro atoms. The molecule has 2 fully saturated rings. The van der Waals surface area contributed by atoms with Crippen LogP contribution in [0.15, 0.2) is 24.3 Å². The van der Waals surface area contributed by atoms with Crippen molar-refractivity contribution < 1.29 is 19.2 Å². The van der Waals surface area contributed by atoms with E-state index in [0.29, 0.717) is 17.7 Å². The quantitative estimate of drug-likeness (QED) is 0.494. The maximum Gasteiger partial charge on any atom is 0.238 e. The monoisotopic (exact) mass is 403 g/mol. The molecule has 0 radical (unpaired) electrons. The number of carbonyl (C=O) groups is 1. The molecule has 3 rings (SSSR count). The number of Topliss-reactive ketones (excluding diaryl/α,β-unsaturated/α-hetero) is 1. The highest BCUT2D eigenvalue weighted by molar-refractivity contribution is 5.82. The van der Waals surface area contributed by atoms with Crippen LogP contribution < -0.4 is 4.74 Å².